The van der Waals surface area contributed by atoms with Gasteiger partial charge in [-0.2, -0.15) is 0 Å². The summed E-state index contributed by atoms with van der Waals surface area (Å²) < 4.78 is 5.46. The fourth-order valence-electron chi connectivity index (χ4n) is 4.71. The number of piperidine rings is 1. The first-order chi connectivity index (χ1) is 17.2. The fourth-order valence-corrected chi connectivity index (χ4v) is 4.71. The molecule has 0 radical (unpaired) electrons. The molecular formula is C27H37N5O4. The van der Waals surface area contributed by atoms with Crippen molar-refractivity contribution in [2.75, 3.05) is 38.1 Å². The van der Waals surface area contributed by atoms with Crippen molar-refractivity contribution in [2.45, 2.75) is 58.1 Å². The molecule has 194 valence electrons. The second kappa shape index (κ2) is 11.2. The van der Waals surface area contributed by atoms with E-state index in [9.17, 15) is 14.7 Å². The number of amides is 2. The second-order valence-corrected chi connectivity index (χ2v) is 10.6. The number of anilines is 1. The topological polar surface area (TPSA) is 108 Å². The predicted octanol–water partition coefficient (Wildman–Crippen LogP) is 3.80. The molecule has 4 rings (SSSR count). The summed E-state index contributed by atoms with van der Waals surface area (Å²) in [5.41, 5.74) is 1.76. The van der Waals surface area contributed by atoms with Crippen LogP contribution in [0.4, 0.5) is 10.6 Å². The SMILES string of the molecule is CC(C)(C)OC(=O)N1CCC(CNc2cnc(-c3ccc(C(=O)N4CCC[C@@H]4CO)cc3)cn2)CC1. The maximum atomic E-state index is 12.8. The first-order valence-corrected chi connectivity index (χ1v) is 12.8. The summed E-state index contributed by atoms with van der Waals surface area (Å²) in [4.78, 5) is 37.6. The number of likely N-dealkylation sites (tertiary alicyclic amines) is 2. The van der Waals surface area contributed by atoms with E-state index in [1.165, 1.54) is 0 Å². The van der Waals surface area contributed by atoms with Crippen LogP contribution in [0.5, 0.6) is 0 Å². The largest absolute Gasteiger partial charge is 0.444 e. The number of rotatable bonds is 6. The molecule has 0 unspecified atom stereocenters. The number of aliphatic hydroxyl groups is 1. The Labute approximate surface area is 212 Å². The van der Waals surface area contributed by atoms with Crippen LogP contribution in [0.15, 0.2) is 36.7 Å². The Hall–Kier alpha value is -3.20. The van der Waals surface area contributed by atoms with Crippen molar-refractivity contribution in [1.29, 1.82) is 0 Å². The molecule has 1 aromatic heterocycles. The first-order valence-electron chi connectivity index (χ1n) is 12.8. The molecule has 2 amide bonds. The highest BCUT2D eigenvalue weighted by Crippen LogP contribution is 2.23. The Morgan fingerprint density at radius 1 is 1.06 bits per heavy atom. The standard InChI is InChI=1S/C27H37N5O4/c1-27(2,3)36-26(35)31-13-10-19(11-14-31)15-29-24-17-28-23(16-30-24)20-6-8-21(9-7-20)25(34)32-12-4-5-22(32)18-33/h6-9,16-17,19,22,33H,4-5,10-15,18H2,1-3H3,(H,29,30)/t22-/m1/s1. The Morgan fingerprint density at radius 2 is 1.78 bits per heavy atom. The van der Waals surface area contributed by atoms with Gasteiger partial charge in [0, 0.05) is 37.3 Å². The van der Waals surface area contributed by atoms with Crippen molar-refractivity contribution in [3.8, 4) is 11.3 Å². The Balaban J connectivity index is 1.25. The third kappa shape index (κ3) is 6.51. The van der Waals surface area contributed by atoms with Crippen LogP contribution in [0, 0.1) is 5.92 Å². The average Bonchev–Trinajstić information content (AvgIpc) is 3.36. The Morgan fingerprint density at radius 3 is 2.39 bits per heavy atom. The van der Waals surface area contributed by atoms with E-state index in [1.807, 2.05) is 45.0 Å². The number of benzene rings is 1. The number of hydrogen-bond acceptors (Lipinski definition) is 7. The fraction of sp³-hybridized carbons (Fsp3) is 0.556. The zero-order valence-corrected chi connectivity index (χ0v) is 21.4. The summed E-state index contributed by atoms with van der Waals surface area (Å²) in [6.45, 7) is 8.51. The van der Waals surface area contributed by atoms with Crippen molar-refractivity contribution in [2.24, 2.45) is 5.92 Å². The van der Waals surface area contributed by atoms with Crippen LogP contribution in [-0.2, 0) is 4.74 Å². The minimum Gasteiger partial charge on any atom is -0.444 e. The lowest BCUT2D eigenvalue weighted by molar-refractivity contribution is 0.0188. The number of aromatic nitrogens is 2. The molecule has 0 aliphatic carbocycles. The summed E-state index contributed by atoms with van der Waals surface area (Å²) in [5.74, 6) is 1.13. The molecule has 9 heteroatoms. The molecule has 0 saturated carbocycles. The van der Waals surface area contributed by atoms with Crippen molar-refractivity contribution in [3.05, 3.63) is 42.2 Å². The number of carbonyl (C=O) groups excluding carboxylic acids is 2. The van der Waals surface area contributed by atoms with Gasteiger partial charge in [-0.3, -0.25) is 9.78 Å². The summed E-state index contributed by atoms with van der Waals surface area (Å²) in [6.07, 6.45) is 6.82. The number of nitrogens with zero attached hydrogens (tertiary/aromatic N) is 4. The van der Waals surface area contributed by atoms with Gasteiger partial charge in [-0.05, 0) is 64.5 Å². The monoisotopic (exact) mass is 495 g/mol. The zero-order chi connectivity index (χ0) is 25.7. The van der Waals surface area contributed by atoms with Gasteiger partial charge in [0.05, 0.1) is 30.7 Å². The van der Waals surface area contributed by atoms with E-state index in [1.54, 1.807) is 22.2 Å². The van der Waals surface area contributed by atoms with Crippen molar-refractivity contribution in [1.82, 2.24) is 19.8 Å². The van der Waals surface area contributed by atoms with Crippen LogP contribution in [-0.4, -0.2) is 81.3 Å². The maximum Gasteiger partial charge on any atom is 0.410 e. The quantitative estimate of drug-likeness (QED) is 0.628. The molecule has 2 N–H and O–H groups in total. The third-order valence-corrected chi connectivity index (χ3v) is 6.77. The van der Waals surface area contributed by atoms with Gasteiger partial charge in [-0.25, -0.2) is 9.78 Å². The molecule has 1 aromatic carbocycles. The predicted molar refractivity (Wildman–Crippen MR) is 138 cm³/mol. The molecule has 0 bridgehead atoms. The van der Waals surface area contributed by atoms with Gasteiger partial charge >= 0.3 is 6.09 Å². The highest BCUT2D eigenvalue weighted by Gasteiger charge is 2.29. The number of ether oxygens (including phenoxy) is 1. The van der Waals surface area contributed by atoms with Gasteiger partial charge < -0.3 is 25.0 Å². The van der Waals surface area contributed by atoms with Crippen LogP contribution in [0.25, 0.3) is 11.3 Å². The minimum absolute atomic E-state index is 0.00503. The molecule has 2 fully saturated rings. The third-order valence-electron chi connectivity index (χ3n) is 6.77. The van der Waals surface area contributed by atoms with Gasteiger partial charge in [0.2, 0.25) is 0 Å². The van der Waals surface area contributed by atoms with Crippen LogP contribution in [0.1, 0.15) is 56.8 Å². The van der Waals surface area contributed by atoms with E-state index in [-0.39, 0.29) is 24.6 Å². The maximum absolute atomic E-state index is 12.8. The van der Waals surface area contributed by atoms with Gasteiger partial charge in [0.25, 0.3) is 5.91 Å². The first kappa shape index (κ1) is 25.9. The lowest BCUT2D eigenvalue weighted by Gasteiger charge is -2.33. The molecule has 3 heterocycles. The van der Waals surface area contributed by atoms with E-state index in [2.05, 4.69) is 15.3 Å². The normalized spacial score (nSPS) is 18.8. The number of nitrogens with one attached hydrogen (secondary N) is 1. The Kier molecular flexibility index (Phi) is 8.08. The molecule has 36 heavy (non-hydrogen) atoms. The summed E-state index contributed by atoms with van der Waals surface area (Å²) >= 11 is 0. The smallest absolute Gasteiger partial charge is 0.410 e. The molecule has 2 saturated heterocycles. The second-order valence-electron chi connectivity index (χ2n) is 10.6. The lowest BCUT2D eigenvalue weighted by Crippen LogP contribution is -2.42. The highest BCUT2D eigenvalue weighted by molar-refractivity contribution is 5.95. The summed E-state index contributed by atoms with van der Waals surface area (Å²) in [6, 6.07) is 7.30. The van der Waals surface area contributed by atoms with Crippen LogP contribution < -0.4 is 5.32 Å². The lowest BCUT2D eigenvalue weighted by atomic mass is 9.97. The number of hydrogen-bond donors (Lipinski definition) is 2. The molecule has 9 nitrogen and oxygen atoms in total. The summed E-state index contributed by atoms with van der Waals surface area (Å²) in [5, 5.41) is 12.9. The molecule has 2 aliphatic rings. The van der Waals surface area contributed by atoms with Gasteiger partial charge in [0.15, 0.2) is 0 Å². The van der Waals surface area contributed by atoms with Crippen LogP contribution >= 0.6 is 0 Å². The number of aliphatic hydroxyl groups excluding tert-OH is 1. The van der Waals surface area contributed by atoms with Crippen LogP contribution in [0.2, 0.25) is 0 Å². The molecule has 2 aromatic rings. The molecular weight excluding hydrogens is 458 g/mol. The van der Waals surface area contributed by atoms with E-state index in [0.717, 1.165) is 43.5 Å². The van der Waals surface area contributed by atoms with Crippen molar-refractivity contribution >= 4 is 17.8 Å². The van der Waals surface area contributed by atoms with E-state index >= 15 is 0 Å². The molecule has 0 spiro atoms. The van der Waals surface area contributed by atoms with Crippen molar-refractivity contribution < 1.29 is 19.4 Å². The highest BCUT2D eigenvalue weighted by atomic mass is 16.6. The molecule has 2 aliphatic heterocycles. The molecule has 1 atom stereocenters. The minimum atomic E-state index is -0.475. The Bertz CT molecular complexity index is 1030. The number of carbonyl (C=O) groups is 2. The zero-order valence-electron chi connectivity index (χ0n) is 21.4. The van der Waals surface area contributed by atoms with E-state index in [4.69, 9.17) is 4.74 Å². The van der Waals surface area contributed by atoms with Gasteiger partial charge in [-0.15, -0.1) is 0 Å². The summed E-state index contributed by atoms with van der Waals surface area (Å²) in [7, 11) is 0. The van der Waals surface area contributed by atoms with Crippen molar-refractivity contribution in [3.63, 3.8) is 0 Å². The van der Waals surface area contributed by atoms with E-state index in [0.29, 0.717) is 36.9 Å². The van der Waals surface area contributed by atoms with E-state index < -0.39 is 5.60 Å². The van der Waals surface area contributed by atoms with Gasteiger partial charge in [0.1, 0.15) is 11.4 Å². The average molecular weight is 496 g/mol. The van der Waals surface area contributed by atoms with Gasteiger partial charge in [-0.1, -0.05) is 12.1 Å². The van der Waals surface area contributed by atoms with Crippen LogP contribution in [0.3, 0.4) is 0 Å².